The minimum Gasteiger partial charge on any atom is -0.379 e. The lowest BCUT2D eigenvalue weighted by molar-refractivity contribution is -0.141. The van der Waals surface area contributed by atoms with Gasteiger partial charge in [0.15, 0.2) is 5.69 Å². The number of hydrogen-bond acceptors (Lipinski definition) is 4. The second kappa shape index (κ2) is 6.55. The van der Waals surface area contributed by atoms with Crippen molar-refractivity contribution in [3.05, 3.63) is 17.5 Å². The Bertz CT molecular complexity index is 427. The molecule has 0 atom stereocenters. The van der Waals surface area contributed by atoms with Crippen LogP contribution in [0.5, 0.6) is 0 Å². The van der Waals surface area contributed by atoms with E-state index in [1.54, 1.807) is 0 Å². The summed E-state index contributed by atoms with van der Waals surface area (Å²) in [4.78, 5) is 2.26. The molecule has 1 aliphatic rings. The molecule has 2 heterocycles. The summed E-state index contributed by atoms with van der Waals surface area (Å²) in [5.41, 5.74) is -0.315. The van der Waals surface area contributed by atoms with Crippen LogP contribution in [-0.2, 0) is 24.5 Å². The summed E-state index contributed by atoms with van der Waals surface area (Å²) in [6, 6.07) is 1.09. The van der Waals surface area contributed by atoms with Crippen LogP contribution in [0.2, 0.25) is 0 Å². The van der Waals surface area contributed by atoms with Gasteiger partial charge in [0, 0.05) is 39.8 Å². The fraction of sp³-hybridized carbons (Fsp3) is 0.750. The average Bonchev–Trinajstić information content (AvgIpc) is 2.77. The molecule has 0 bridgehead atoms. The van der Waals surface area contributed by atoms with Crippen molar-refractivity contribution in [2.45, 2.75) is 12.7 Å². The first-order chi connectivity index (χ1) is 9.47. The van der Waals surface area contributed by atoms with Crippen LogP contribution in [-0.4, -0.2) is 54.1 Å². The Morgan fingerprint density at radius 1 is 1.35 bits per heavy atom. The number of rotatable bonds is 5. The van der Waals surface area contributed by atoms with Crippen molar-refractivity contribution in [3.8, 4) is 0 Å². The maximum absolute atomic E-state index is 12.5. The lowest BCUT2D eigenvalue weighted by Gasteiger charge is -2.26. The molecule has 1 fully saturated rings. The highest BCUT2D eigenvalue weighted by Crippen LogP contribution is 2.28. The van der Waals surface area contributed by atoms with Crippen molar-refractivity contribution in [2.24, 2.45) is 7.05 Å². The van der Waals surface area contributed by atoms with Crippen LogP contribution in [0.25, 0.3) is 0 Å². The van der Waals surface area contributed by atoms with Gasteiger partial charge in [-0.1, -0.05) is 0 Å². The third kappa shape index (κ3) is 4.19. The Kier molecular flexibility index (Phi) is 5.00. The average molecular weight is 292 g/mol. The molecule has 1 aliphatic heterocycles. The molecule has 1 aromatic rings. The van der Waals surface area contributed by atoms with Gasteiger partial charge in [-0.3, -0.25) is 9.58 Å². The van der Waals surface area contributed by atoms with Gasteiger partial charge in [-0.05, 0) is 6.07 Å². The molecule has 1 aromatic heterocycles. The predicted octanol–water partition coefficient (Wildman–Crippen LogP) is 0.861. The van der Waals surface area contributed by atoms with Crippen LogP contribution in [0.3, 0.4) is 0 Å². The molecule has 0 unspecified atom stereocenters. The third-order valence-corrected chi connectivity index (χ3v) is 3.28. The van der Waals surface area contributed by atoms with Crippen LogP contribution in [0.1, 0.15) is 11.4 Å². The van der Waals surface area contributed by atoms with E-state index in [0.29, 0.717) is 12.2 Å². The number of morpholine rings is 1. The summed E-state index contributed by atoms with van der Waals surface area (Å²) >= 11 is 0. The van der Waals surface area contributed by atoms with E-state index in [1.807, 2.05) is 0 Å². The maximum Gasteiger partial charge on any atom is 0.435 e. The molecule has 114 valence electrons. The monoisotopic (exact) mass is 292 g/mol. The standard InChI is InChI=1S/C12H19F3N4O/c1-18-10(8-11(17-18)12(13,14)15)9-16-2-3-19-4-6-20-7-5-19/h8,16H,2-7,9H2,1H3. The molecule has 0 spiro atoms. The third-order valence-electron chi connectivity index (χ3n) is 3.28. The van der Waals surface area contributed by atoms with E-state index in [4.69, 9.17) is 4.74 Å². The van der Waals surface area contributed by atoms with Gasteiger partial charge in [0.25, 0.3) is 0 Å². The fourth-order valence-corrected chi connectivity index (χ4v) is 2.09. The number of nitrogens with one attached hydrogen (secondary N) is 1. The van der Waals surface area contributed by atoms with E-state index in [2.05, 4.69) is 15.3 Å². The minimum atomic E-state index is -4.39. The van der Waals surface area contributed by atoms with Crippen molar-refractivity contribution in [2.75, 3.05) is 39.4 Å². The Hall–Kier alpha value is -1.12. The number of aryl methyl sites for hydroxylation is 1. The number of ether oxygens (including phenoxy) is 1. The Morgan fingerprint density at radius 3 is 2.65 bits per heavy atom. The minimum absolute atomic E-state index is 0.379. The lowest BCUT2D eigenvalue weighted by atomic mass is 10.3. The summed E-state index contributed by atoms with van der Waals surface area (Å²) in [6.45, 7) is 5.29. The highest BCUT2D eigenvalue weighted by atomic mass is 19.4. The van der Waals surface area contributed by atoms with Crippen LogP contribution in [0.15, 0.2) is 6.07 Å². The van der Waals surface area contributed by atoms with Gasteiger partial charge < -0.3 is 10.1 Å². The topological polar surface area (TPSA) is 42.3 Å². The van der Waals surface area contributed by atoms with E-state index in [-0.39, 0.29) is 0 Å². The SMILES string of the molecule is Cn1nc(C(F)(F)F)cc1CNCCN1CCOCC1. The second-order valence-electron chi connectivity index (χ2n) is 4.77. The second-order valence-corrected chi connectivity index (χ2v) is 4.77. The largest absolute Gasteiger partial charge is 0.435 e. The van der Waals surface area contributed by atoms with Crippen LogP contribution in [0, 0.1) is 0 Å². The van der Waals surface area contributed by atoms with Crippen molar-refractivity contribution in [3.63, 3.8) is 0 Å². The molecular weight excluding hydrogens is 273 g/mol. The smallest absolute Gasteiger partial charge is 0.379 e. The molecule has 0 aliphatic carbocycles. The number of halogens is 3. The summed E-state index contributed by atoms with van der Waals surface area (Å²) in [7, 11) is 1.52. The van der Waals surface area contributed by atoms with E-state index < -0.39 is 11.9 Å². The molecule has 2 rings (SSSR count). The first-order valence-electron chi connectivity index (χ1n) is 6.58. The van der Waals surface area contributed by atoms with Gasteiger partial charge >= 0.3 is 6.18 Å². The molecule has 0 aromatic carbocycles. The van der Waals surface area contributed by atoms with Gasteiger partial charge in [-0.25, -0.2) is 0 Å². The summed E-state index contributed by atoms with van der Waals surface area (Å²) in [5.74, 6) is 0. The highest BCUT2D eigenvalue weighted by molar-refractivity contribution is 5.12. The Labute approximate surface area is 115 Å². The molecule has 20 heavy (non-hydrogen) atoms. The van der Waals surface area contributed by atoms with Gasteiger partial charge in [0.05, 0.1) is 18.9 Å². The number of nitrogens with zero attached hydrogens (tertiary/aromatic N) is 3. The predicted molar refractivity (Wildman–Crippen MR) is 67.2 cm³/mol. The van der Waals surface area contributed by atoms with Gasteiger partial charge in [0.1, 0.15) is 0 Å². The molecule has 1 saturated heterocycles. The van der Waals surface area contributed by atoms with E-state index in [1.165, 1.54) is 11.7 Å². The molecule has 1 N–H and O–H groups in total. The molecule has 0 radical (unpaired) electrons. The Balaban J connectivity index is 1.75. The van der Waals surface area contributed by atoms with E-state index in [0.717, 1.165) is 45.5 Å². The van der Waals surface area contributed by atoms with Gasteiger partial charge in [0.2, 0.25) is 0 Å². The summed E-state index contributed by atoms with van der Waals surface area (Å²) in [6.07, 6.45) is -4.39. The molecule has 8 heteroatoms. The normalized spacial score (nSPS) is 17.6. The first-order valence-corrected chi connectivity index (χ1v) is 6.58. The summed E-state index contributed by atoms with van der Waals surface area (Å²) in [5, 5.41) is 6.62. The molecule has 5 nitrogen and oxygen atoms in total. The quantitative estimate of drug-likeness (QED) is 0.818. The summed E-state index contributed by atoms with van der Waals surface area (Å²) < 4.78 is 44.0. The van der Waals surface area contributed by atoms with Crippen LogP contribution in [0.4, 0.5) is 13.2 Å². The zero-order valence-corrected chi connectivity index (χ0v) is 11.4. The van der Waals surface area contributed by atoms with Gasteiger partial charge in [-0.15, -0.1) is 0 Å². The zero-order valence-electron chi connectivity index (χ0n) is 11.4. The zero-order chi connectivity index (χ0) is 14.6. The maximum atomic E-state index is 12.5. The van der Waals surface area contributed by atoms with Crippen LogP contribution < -0.4 is 5.32 Å². The molecule has 0 saturated carbocycles. The lowest BCUT2D eigenvalue weighted by Crippen LogP contribution is -2.40. The van der Waals surface area contributed by atoms with Crippen molar-refractivity contribution in [1.29, 1.82) is 0 Å². The number of alkyl halides is 3. The molecule has 0 amide bonds. The molecular formula is C12H19F3N4O. The highest BCUT2D eigenvalue weighted by Gasteiger charge is 2.34. The fourth-order valence-electron chi connectivity index (χ4n) is 2.09. The number of hydrogen-bond donors (Lipinski definition) is 1. The van der Waals surface area contributed by atoms with Crippen molar-refractivity contribution < 1.29 is 17.9 Å². The van der Waals surface area contributed by atoms with Gasteiger partial charge in [-0.2, -0.15) is 18.3 Å². The Morgan fingerprint density at radius 2 is 2.05 bits per heavy atom. The van der Waals surface area contributed by atoms with E-state index >= 15 is 0 Å². The van der Waals surface area contributed by atoms with Crippen molar-refractivity contribution in [1.82, 2.24) is 20.0 Å². The van der Waals surface area contributed by atoms with Crippen LogP contribution >= 0.6 is 0 Å². The van der Waals surface area contributed by atoms with Crippen molar-refractivity contribution >= 4 is 0 Å². The number of aromatic nitrogens is 2. The van der Waals surface area contributed by atoms with E-state index in [9.17, 15) is 13.2 Å². The first kappa shape index (κ1) is 15.3.